The highest BCUT2D eigenvalue weighted by Gasteiger charge is 2.15. The molecule has 3 aromatic rings. The third-order valence-electron chi connectivity index (χ3n) is 3.66. The van der Waals surface area contributed by atoms with E-state index in [-0.39, 0.29) is 11.9 Å². The molecule has 24 heavy (non-hydrogen) atoms. The number of hydrogen-bond acceptors (Lipinski definition) is 3. The van der Waals surface area contributed by atoms with Gasteiger partial charge in [0.15, 0.2) is 0 Å². The zero-order valence-corrected chi connectivity index (χ0v) is 14.0. The van der Waals surface area contributed by atoms with Crippen LogP contribution in [0.1, 0.15) is 17.3 Å². The average molecular weight is 340 g/mol. The van der Waals surface area contributed by atoms with Gasteiger partial charge in [0.25, 0.3) is 0 Å². The second kappa shape index (κ2) is 7.36. The fourth-order valence-corrected chi connectivity index (χ4v) is 3.03. The van der Waals surface area contributed by atoms with Crippen molar-refractivity contribution < 1.29 is 8.60 Å². The van der Waals surface area contributed by atoms with Crippen molar-refractivity contribution in [3.05, 3.63) is 90.0 Å². The van der Waals surface area contributed by atoms with Crippen LogP contribution in [0, 0.1) is 5.82 Å². The molecule has 0 aliphatic carbocycles. The van der Waals surface area contributed by atoms with Crippen LogP contribution < -0.4 is 5.32 Å². The van der Waals surface area contributed by atoms with Crippen molar-refractivity contribution >= 4 is 16.5 Å². The number of anilines is 1. The summed E-state index contributed by atoms with van der Waals surface area (Å²) in [5.41, 5.74) is 2.56. The first kappa shape index (κ1) is 16.3. The summed E-state index contributed by atoms with van der Waals surface area (Å²) < 4.78 is 24.9. The summed E-state index contributed by atoms with van der Waals surface area (Å²) in [6.45, 7) is 0. The second-order valence-corrected chi connectivity index (χ2v) is 6.75. The van der Waals surface area contributed by atoms with E-state index in [1.807, 2.05) is 54.6 Å². The molecule has 0 saturated carbocycles. The van der Waals surface area contributed by atoms with Gasteiger partial charge in [-0.2, -0.15) is 0 Å². The standard InChI is InChI=1S/C19H17FN2OS/c1-24(23)17-9-5-8-16(12-17)22-19(14-6-3-2-4-7-14)18-11-10-15(20)13-21-18/h2-13,19,22H,1H3/t19-,24+/m1/s1. The van der Waals surface area contributed by atoms with Crippen molar-refractivity contribution in [3.63, 3.8) is 0 Å². The van der Waals surface area contributed by atoms with Gasteiger partial charge in [-0.1, -0.05) is 36.4 Å². The average Bonchev–Trinajstić information content (AvgIpc) is 2.61. The molecule has 1 N–H and O–H groups in total. The van der Waals surface area contributed by atoms with Crippen LogP contribution in [0.2, 0.25) is 0 Å². The van der Waals surface area contributed by atoms with Gasteiger partial charge in [-0.25, -0.2) is 4.39 Å². The highest BCUT2D eigenvalue weighted by atomic mass is 32.2. The molecule has 3 nitrogen and oxygen atoms in total. The summed E-state index contributed by atoms with van der Waals surface area (Å²) in [7, 11) is -1.05. The lowest BCUT2D eigenvalue weighted by Crippen LogP contribution is -2.14. The van der Waals surface area contributed by atoms with Crippen LogP contribution in [-0.4, -0.2) is 15.4 Å². The van der Waals surface area contributed by atoms with Gasteiger partial charge in [-0.15, -0.1) is 0 Å². The van der Waals surface area contributed by atoms with Crippen molar-refractivity contribution in [2.24, 2.45) is 0 Å². The van der Waals surface area contributed by atoms with Gasteiger partial charge >= 0.3 is 0 Å². The van der Waals surface area contributed by atoms with E-state index >= 15 is 0 Å². The third-order valence-corrected chi connectivity index (χ3v) is 4.57. The molecule has 0 saturated heterocycles. The summed E-state index contributed by atoms with van der Waals surface area (Å²) in [6, 6.07) is 20.1. The van der Waals surface area contributed by atoms with E-state index in [0.29, 0.717) is 5.69 Å². The summed E-state index contributed by atoms with van der Waals surface area (Å²) in [4.78, 5) is 4.96. The van der Waals surface area contributed by atoms with Crippen molar-refractivity contribution in [3.8, 4) is 0 Å². The molecular formula is C19H17FN2OS. The minimum Gasteiger partial charge on any atom is -0.373 e. The van der Waals surface area contributed by atoms with Gasteiger partial charge in [-0.05, 0) is 35.9 Å². The highest BCUT2D eigenvalue weighted by molar-refractivity contribution is 7.84. The van der Waals surface area contributed by atoms with Crippen LogP contribution in [0.15, 0.2) is 77.8 Å². The number of aromatic nitrogens is 1. The Kier molecular flexibility index (Phi) is 5.01. The monoisotopic (exact) mass is 340 g/mol. The van der Waals surface area contributed by atoms with E-state index in [0.717, 1.165) is 16.1 Å². The van der Waals surface area contributed by atoms with Gasteiger partial charge in [0, 0.05) is 27.6 Å². The molecule has 0 aliphatic heterocycles. The summed E-state index contributed by atoms with van der Waals surface area (Å²) >= 11 is 0. The Labute approximate surface area is 143 Å². The lowest BCUT2D eigenvalue weighted by Gasteiger charge is -2.20. The van der Waals surface area contributed by atoms with E-state index in [1.54, 1.807) is 12.3 Å². The summed E-state index contributed by atoms with van der Waals surface area (Å²) in [6.07, 6.45) is 2.86. The molecule has 1 aromatic heterocycles. The number of nitrogens with one attached hydrogen (secondary N) is 1. The number of benzene rings is 2. The zero-order chi connectivity index (χ0) is 16.9. The minimum atomic E-state index is -1.05. The Morgan fingerprint density at radius 2 is 1.83 bits per heavy atom. The predicted octanol–water partition coefficient (Wildman–Crippen LogP) is 4.16. The van der Waals surface area contributed by atoms with Crippen molar-refractivity contribution in [2.75, 3.05) is 11.6 Å². The predicted molar refractivity (Wildman–Crippen MR) is 94.9 cm³/mol. The van der Waals surface area contributed by atoms with Gasteiger partial charge in [0.2, 0.25) is 0 Å². The Morgan fingerprint density at radius 3 is 2.50 bits per heavy atom. The van der Waals surface area contributed by atoms with E-state index < -0.39 is 10.8 Å². The topological polar surface area (TPSA) is 42.0 Å². The van der Waals surface area contributed by atoms with Gasteiger partial charge in [-0.3, -0.25) is 9.19 Å². The number of rotatable bonds is 5. The van der Waals surface area contributed by atoms with Crippen LogP contribution in [0.4, 0.5) is 10.1 Å². The van der Waals surface area contributed by atoms with Crippen LogP contribution in [0.25, 0.3) is 0 Å². The van der Waals surface area contributed by atoms with Gasteiger partial charge in [0.1, 0.15) is 5.82 Å². The minimum absolute atomic E-state index is 0.229. The zero-order valence-electron chi connectivity index (χ0n) is 13.1. The summed E-state index contributed by atoms with van der Waals surface area (Å²) in [5, 5.41) is 3.41. The smallest absolute Gasteiger partial charge is 0.141 e. The van der Waals surface area contributed by atoms with Gasteiger partial charge < -0.3 is 5.32 Å². The molecule has 122 valence electrons. The first-order valence-corrected chi connectivity index (χ1v) is 9.06. The molecule has 0 radical (unpaired) electrons. The fraction of sp³-hybridized carbons (Fsp3) is 0.105. The molecule has 1 heterocycles. The molecule has 5 heteroatoms. The van der Waals surface area contributed by atoms with Crippen LogP contribution >= 0.6 is 0 Å². The fourth-order valence-electron chi connectivity index (χ4n) is 2.46. The molecule has 2 atom stereocenters. The van der Waals surface area contributed by atoms with E-state index in [1.165, 1.54) is 12.3 Å². The molecule has 2 aromatic carbocycles. The van der Waals surface area contributed by atoms with Crippen molar-refractivity contribution in [2.45, 2.75) is 10.9 Å². The number of hydrogen-bond donors (Lipinski definition) is 1. The molecule has 0 fully saturated rings. The quantitative estimate of drug-likeness (QED) is 0.758. The van der Waals surface area contributed by atoms with Crippen molar-refractivity contribution in [1.29, 1.82) is 0 Å². The molecule has 0 amide bonds. The lowest BCUT2D eigenvalue weighted by molar-refractivity contribution is 0.618. The van der Waals surface area contributed by atoms with E-state index in [9.17, 15) is 8.60 Å². The Balaban J connectivity index is 1.98. The number of pyridine rings is 1. The highest BCUT2D eigenvalue weighted by Crippen LogP contribution is 2.26. The van der Waals surface area contributed by atoms with E-state index in [4.69, 9.17) is 0 Å². The molecule has 0 unspecified atom stereocenters. The SMILES string of the molecule is C[S@](=O)c1cccc(N[C@H](c2ccccc2)c2ccc(F)cn2)c1. The first-order valence-electron chi connectivity index (χ1n) is 7.50. The molecule has 0 bridgehead atoms. The van der Waals surface area contributed by atoms with Crippen LogP contribution in [0.5, 0.6) is 0 Å². The molecule has 3 rings (SSSR count). The first-order chi connectivity index (χ1) is 11.6. The Morgan fingerprint density at radius 1 is 1.04 bits per heavy atom. The summed E-state index contributed by atoms with van der Waals surface area (Å²) in [5.74, 6) is -0.367. The number of nitrogens with zero attached hydrogens (tertiary/aromatic N) is 1. The maximum absolute atomic E-state index is 13.2. The maximum Gasteiger partial charge on any atom is 0.141 e. The molecular weight excluding hydrogens is 323 g/mol. The second-order valence-electron chi connectivity index (χ2n) is 5.37. The van der Waals surface area contributed by atoms with Gasteiger partial charge in [0.05, 0.1) is 17.9 Å². The number of halogens is 1. The largest absolute Gasteiger partial charge is 0.373 e. The molecule has 0 aliphatic rings. The van der Waals surface area contributed by atoms with Crippen molar-refractivity contribution in [1.82, 2.24) is 4.98 Å². The Bertz CT molecular complexity index is 838. The lowest BCUT2D eigenvalue weighted by atomic mass is 10.0. The van der Waals surface area contributed by atoms with Crippen LogP contribution in [0.3, 0.4) is 0 Å². The van der Waals surface area contributed by atoms with E-state index in [2.05, 4.69) is 10.3 Å². The maximum atomic E-state index is 13.2. The Hall–Kier alpha value is -2.53. The molecule has 0 spiro atoms. The normalized spacial score (nSPS) is 13.2. The van der Waals surface area contributed by atoms with Crippen LogP contribution in [-0.2, 0) is 10.8 Å². The third kappa shape index (κ3) is 3.86.